The van der Waals surface area contributed by atoms with Crippen molar-refractivity contribution < 1.29 is 41.5 Å². The van der Waals surface area contributed by atoms with Crippen LogP contribution in [0.2, 0.25) is 0 Å². The van der Waals surface area contributed by atoms with E-state index in [1.807, 2.05) is 12.2 Å². The fourth-order valence-electron chi connectivity index (χ4n) is 8.49. The van der Waals surface area contributed by atoms with Crippen LogP contribution in [0.15, 0.2) is 54.6 Å². The van der Waals surface area contributed by atoms with Gasteiger partial charge < -0.3 is 19.9 Å². The van der Waals surface area contributed by atoms with Crippen molar-refractivity contribution in [3.63, 3.8) is 0 Å². The fraction of sp³-hybridized carbons (Fsp3) is 0.561. The molecule has 300 valence electrons. The summed E-state index contributed by atoms with van der Waals surface area (Å²) in [6.07, 6.45) is 8.07. The second-order valence-electron chi connectivity index (χ2n) is 17.0. The van der Waals surface area contributed by atoms with E-state index in [4.69, 9.17) is 4.74 Å². The minimum Gasteiger partial charge on any atom is -0.460 e. The number of aromatic nitrogens is 1. The summed E-state index contributed by atoms with van der Waals surface area (Å²) in [5.41, 5.74) is -1.66. The third-order valence-corrected chi connectivity index (χ3v) is 13.4. The number of fused-ring (bicyclic) bond motifs is 4. The summed E-state index contributed by atoms with van der Waals surface area (Å²) in [5, 5.41) is 2.26. The number of nitrogens with zero attached hydrogens (tertiary/aromatic N) is 3. The van der Waals surface area contributed by atoms with E-state index in [0.717, 1.165) is 12.8 Å². The molecule has 6 atom stereocenters. The van der Waals surface area contributed by atoms with Gasteiger partial charge >= 0.3 is 5.97 Å². The normalized spacial score (nSPS) is 28.8. The van der Waals surface area contributed by atoms with E-state index in [0.29, 0.717) is 37.8 Å². The van der Waals surface area contributed by atoms with Gasteiger partial charge in [0, 0.05) is 48.9 Å². The molecule has 2 saturated carbocycles. The van der Waals surface area contributed by atoms with Gasteiger partial charge in [-0.15, -0.1) is 0 Å². The molecule has 0 radical (unpaired) electrons. The van der Waals surface area contributed by atoms with Crippen LogP contribution in [0.3, 0.4) is 0 Å². The highest BCUT2D eigenvalue weighted by atomic mass is 32.2. The van der Waals surface area contributed by atoms with Gasteiger partial charge in [-0.25, -0.2) is 17.8 Å². The van der Waals surface area contributed by atoms with Gasteiger partial charge in [-0.1, -0.05) is 43.2 Å². The van der Waals surface area contributed by atoms with Crippen molar-refractivity contribution in [2.45, 2.75) is 101 Å². The Hall–Kier alpha value is -4.66. The lowest BCUT2D eigenvalue weighted by atomic mass is 9.92. The van der Waals surface area contributed by atoms with Crippen LogP contribution in [0.5, 0.6) is 0 Å². The molecule has 0 bridgehead atoms. The summed E-state index contributed by atoms with van der Waals surface area (Å²) >= 11 is 0. The molecule has 0 spiro atoms. The number of hydrogen-bond donors (Lipinski definition) is 2. The van der Waals surface area contributed by atoms with Crippen LogP contribution in [0.25, 0.3) is 11.3 Å². The van der Waals surface area contributed by atoms with Gasteiger partial charge in [0.1, 0.15) is 28.7 Å². The number of likely N-dealkylation sites (tertiary alicyclic amines) is 1. The van der Waals surface area contributed by atoms with Crippen molar-refractivity contribution in [1.82, 2.24) is 24.8 Å². The Kier molecular flexibility index (Phi) is 10.8. The first-order valence-corrected chi connectivity index (χ1v) is 21.2. The molecule has 2 N–H and O–H groups in total. The molecule has 4 amide bonds. The number of halogens is 1. The van der Waals surface area contributed by atoms with Gasteiger partial charge in [0.2, 0.25) is 21.8 Å². The van der Waals surface area contributed by atoms with Gasteiger partial charge in [-0.05, 0) is 83.6 Å². The molecule has 2 aliphatic carbocycles. The van der Waals surface area contributed by atoms with Crippen LogP contribution in [0.1, 0.15) is 89.0 Å². The molecule has 7 rings (SSSR count). The zero-order valence-electron chi connectivity index (χ0n) is 32.0. The van der Waals surface area contributed by atoms with E-state index in [1.165, 1.54) is 11.0 Å². The van der Waals surface area contributed by atoms with Crippen LogP contribution in [-0.2, 0) is 33.9 Å². The maximum Gasteiger partial charge on any atom is 0.307 e. The molecular weight excluding hydrogens is 742 g/mol. The summed E-state index contributed by atoms with van der Waals surface area (Å²) < 4.78 is 48.2. The number of amides is 4. The zero-order valence-corrected chi connectivity index (χ0v) is 32.9. The Morgan fingerprint density at radius 2 is 1.77 bits per heavy atom. The van der Waals surface area contributed by atoms with Crippen LogP contribution >= 0.6 is 0 Å². The number of carbonyl (C=O) groups is 5. The van der Waals surface area contributed by atoms with E-state index >= 15 is 0 Å². The first-order chi connectivity index (χ1) is 26.6. The third-order valence-electron chi connectivity index (χ3n) is 11.6. The minimum absolute atomic E-state index is 0.0896. The maximum absolute atomic E-state index is 14.7. The molecule has 13 nitrogen and oxygen atoms in total. The lowest BCUT2D eigenvalue weighted by molar-refractivity contribution is -0.159. The van der Waals surface area contributed by atoms with E-state index in [1.54, 1.807) is 62.1 Å². The Balaban J connectivity index is 1.18. The topological polar surface area (TPSA) is 172 Å². The van der Waals surface area contributed by atoms with Gasteiger partial charge in [-0.2, -0.15) is 0 Å². The lowest BCUT2D eigenvalue weighted by Crippen LogP contribution is -2.58. The molecule has 1 aromatic heterocycles. The summed E-state index contributed by atoms with van der Waals surface area (Å²) in [5.74, 6) is -5.32. The van der Waals surface area contributed by atoms with Crippen molar-refractivity contribution >= 4 is 39.6 Å². The van der Waals surface area contributed by atoms with Crippen molar-refractivity contribution in [3.05, 3.63) is 66.1 Å². The van der Waals surface area contributed by atoms with E-state index < -0.39 is 79.7 Å². The number of benzene rings is 1. The number of pyridine rings is 1. The molecule has 4 fully saturated rings. The highest BCUT2D eigenvalue weighted by molar-refractivity contribution is 7.91. The summed E-state index contributed by atoms with van der Waals surface area (Å²) in [7, 11) is -3.92. The Labute approximate surface area is 326 Å². The maximum atomic E-state index is 14.7. The molecule has 2 aromatic rings. The molecule has 2 saturated heterocycles. The van der Waals surface area contributed by atoms with Gasteiger partial charge in [-0.3, -0.25) is 28.7 Å². The highest BCUT2D eigenvalue weighted by Gasteiger charge is 2.63. The molecule has 3 aliphatic heterocycles. The second-order valence-corrected chi connectivity index (χ2v) is 18.9. The monoisotopic (exact) mass is 791 g/mol. The number of esters is 1. The van der Waals surface area contributed by atoms with Gasteiger partial charge in [0.25, 0.3) is 11.8 Å². The molecule has 56 heavy (non-hydrogen) atoms. The molecule has 0 unspecified atom stereocenters. The van der Waals surface area contributed by atoms with E-state index in [9.17, 15) is 36.8 Å². The number of rotatable bonds is 7. The van der Waals surface area contributed by atoms with Gasteiger partial charge in [0.15, 0.2) is 0 Å². The second kappa shape index (κ2) is 15.4. The van der Waals surface area contributed by atoms with E-state index in [2.05, 4.69) is 15.0 Å². The van der Waals surface area contributed by atoms with Gasteiger partial charge in [0.05, 0.1) is 17.4 Å². The third kappa shape index (κ3) is 8.37. The SMILES string of the molecule is CC(C)(C)OC(=O)C[C@H]1CCCCC/C=C\[C@@H]2C[C@@]2(C(=O)NS(=O)(=O)C2CC2)NC(=O)[C@@H]2[C@H]3CN(C(=O)c4cccc(-c5ccccc5F)n4)C[C@H]3CN2C1=O. The Morgan fingerprint density at radius 3 is 2.50 bits per heavy atom. The van der Waals surface area contributed by atoms with Crippen molar-refractivity contribution in [2.24, 2.45) is 23.7 Å². The fourth-order valence-corrected chi connectivity index (χ4v) is 9.85. The summed E-state index contributed by atoms with van der Waals surface area (Å²) in [4.78, 5) is 77.7. The average Bonchev–Trinajstić information content (AvgIpc) is 4.03. The number of allylic oxidation sites excluding steroid dienone is 1. The first-order valence-electron chi connectivity index (χ1n) is 19.6. The Morgan fingerprint density at radius 1 is 1.00 bits per heavy atom. The van der Waals surface area contributed by atoms with Crippen LogP contribution in [-0.4, -0.2) is 94.9 Å². The van der Waals surface area contributed by atoms with Crippen molar-refractivity contribution in [3.8, 4) is 11.3 Å². The lowest BCUT2D eigenvalue weighted by Gasteiger charge is -2.33. The molecular formula is C41H50FN5O8S. The number of carbonyl (C=O) groups excluding carboxylic acids is 5. The Bertz CT molecular complexity index is 2050. The van der Waals surface area contributed by atoms with Crippen molar-refractivity contribution in [1.29, 1.82) is 0 Å². The van der Waals surface area contributed by atoms with Crippen LogP contribution < -0.4 is 10.0 Å². The standard InChI is InChI=1S/C41H50FN5O8S/c1-40(2,3)55-34(48)20-25-12-7-5-4-6-8-13-27-21-41(27,39(52)45-56(53,54)28-18-19-28)44-36(49)35-30-24-46(22-26(30)23-47(35)37(25)50)38(51)33-17-11-16-32(43-33)29-14-9-10-15-31(29)42/h8-11,13-17,25-28,30,35H,4-7,12,18-24H2,1-3H3,(H,44,49)(H,45,52)/b13-8-/t25-,26+,27-,30+,35+,41-/m1/s1. The predicted octanol–water partition coefficient (Wildman–Crippen LogP) is 4.14. The van der Waals surface area contributed by atoms with Crippen molar-refractivity contribution in [2.75, 3.05) is 19.6 Å². The quantitative estimate of drug-likeness (QED) is 0.309. The largest absolute Gasteiger partial charge is 0.460 e. The number of sulfonamides is 1. The summed E-state index contributed by atoms with van der Waals surface area (Å²) in [6, 6.07) is 9.82. The highest BCUT2D eigenvalue weighted by Crippen LogP contribution is 2.47. The smallest absolute Gasteiger partial charge is 0.307 e. The molecule has 15 heteroatoms. The number of ether oxygens (including phenoxy) is 1. The van der Waals surface area contributed by atoms with E-state index in [-0.39, 0.29) is 55.6 Å². The number of hydrogen-bond acceptors (Lipinski definition) is 9. The van der Waals surface area contributed by atoms with Crippen LogP contribution in [0, 0.1) is 29.5 Å². The molecule has 1 aromatic carbocycles. The number of nitrogens with one attached hydrogen (secondary N) is 2. The predicted molar refractivity (Wildman–Crippen MR) is 203 cm³/mol. The summed E-state index contributed by atoms with van der Waals surface area (Å²) in [6.45, 7) is 5.68. The average molecular weight is 792 g/mol. The molecule has 5 aliphatic rings. The first kappa shape index (κ1) is 39.6. The minimum atomic E-state index is -3.92. The molecule has 4 heterocycles. The zero-order chi connectivity index (χ0) is 40.0. The van der Waals surface area contributed by atoms with Crippen LogP contribution in [0.4, 0.5) is 4.39 Å².